The summed E-state index contributed by atoms with van der Waals surface area (Å²) in [7, 11) is 0. The second-order valence-electron chi connectivity index (χ2n) is 4.74. The van der Waals surface area contributed by atoms with Gasteiger partial charge in [-0.3, -0.25) is 0 Å². The molecule has 0 fully saturated rings. The van der Waals surface area contributed by atoms with Crippen molar-refractivity contribution in [3.8, 4) is 17.1 Å². The summed E-state index contributed by atoms with van der Waals surface area (Å²) in [5, 5.41) is 0.498. The maximum absolute atomic E-state index is 6.11. The van der Waals surface area contributed by atoms with E-state index in [0.29, 0.717) is 11.0 Å². The maximum atomic E-state index is 6.11. The fourth-order valence-electron chi connectivity index (χ4n) is 1.70. The zero-order valence-corrected chi connectivity index (χ0v) is 12.3. The molecule has 19 heavy (non-hydrogen) atoms. The molecule has 3 nitrogen and oxygen atoms in total. The van der Waals surface area contributed by atoms with Crippen LogP contribution in [-0.2, 0) is 0 Å². The molecule has 100 valence electrons. The van der Waals surface area contributed by atoms with Crippen LogP contribution in [-0.4, -0.2) is 16.1 Å². The van der Waals surface area contributed by atoms with Gasteiger partial charge < -0.3 is 4.74 Å². The quantitative estimate of drug-likeness (QED) is 0.788. The lowest BCUT2D eigenvalue weighted by Crippen LogP contribution is -2.05. The first-order chi connectivity index (χ1) is 8.97. The smallest absolute Gasteiger partial charge is 0.161 e. The second-order valence-corrected chi connectivity index (χ2v) is 5.10. The largest absolute Gasteiger partial charge is 0.491 e. The van der Waals surface area contributed by atoms with Crippen LogP contribution in [0, 0.1) is 13.8 Å². The monoisotopic (exact) mass is 276 g/mol. The minimum absolute atomic E-state index is 0.138. The van der Waals surface area contributed by atoms with E-state index >= 15 is 0 Å². The summed E-state index contributed by atoms with van der Waals surface area (Å²) in [5.74, 6) is 1.44. The Kier molecular flexibility index (Phi) is 4.05. The average Bonchev–Trinajstić information content (AvgIpc) is 2.35. The first-order valence-electron chi connectivity index (χ1n) is 6.25. The lowest BCUT2D eigenvalue weighted by molar-refractivity contribution is 0.242. The van der Waals surface area contributed by atoms with Gasteiger partial charge in [0.05, 0.1) is 6.10 Å². The van der Waals surface area contributed by atoms with Gasteiger partial charge in [0.25, 0.3) is 0 Å². The molecule has 0 aliphatic rings. The highest BCUT2D eigenvalue weighted by molar-refractivity contribution is 6.30. The second kappa shape index (κ2) is 5.57. The number of rotatable bonds is 3. The molecule has 0 aliphatic carbocycles. The minimum atomic E-state index is 0.138. The molecule has 0 radical (unpaired) electrons. The number of hydrogen-bond acceptors (Lipinski definition) is 3. The van der Waals surface area contributed by atoms with Crippen LogP contribution in [0.25, 0.3) is 11.4 Å². The van der Waals surface area contributed by atoms with Gasteiger partial charge in [0.15, 0.2) is 5.82 Å². The van der Waals surface area contributed by atoms with E-state index in [4.69, 9.17) is 16.3 Å². The third-order valence-electron chi connectivity index (χ3n) is 2.79. The van der Waals surface area contributed by atoms with Crippen LogP contribution in [0.1, 0.15) is 25.1 Å². The van der Waals surface area contributed by atoms with Gasteiger partial charge in [-0.25, -0.2) is 9.97 Å². The Labute approximate surface area is 118 Å². The van der Waals surface area contributed by atoms with Crippen molar-refractivity contribution in [3.63, 3.8) is 0 Å². The minimum Gasteiger partial charge on any atom is -0.491 e. The molecule has 2 aromatic rings. The first-order valence-corrected chi connectivity index (χ1v) is 6.63. The Balaban J connectivity index is 2.41. The summed E-state index contributed by atoms with van der Waals surface area (Å²) in [6.07, 6.45) is 0.138. The highest BCUT2D eigenvalue weighted by atomic mass is 35.5. The van der Waals surface area contributed by atoms with Crippen LogP contribution >= 0.6 is 11.6 Å². The Morgan fingerprint density at radius 3 is 2.53 bits per heavy atom. The summed E-state index contributed by atoms with van der Waals surface area (Å²) in [6, 6.07) is 7.74. The molecule has 0 saturated heterocycles. The predicted octanol–water partition coefficient (Wildman–Crippen LogP) is 4.20. The number of ether oxygens (including phenoxy) is 1. The normalized spacial score (nSPS) is 10.8. The number of hydrogen-bond donors (Lipinski definition) is 0. The van der Waals surface area contributed by atoms with E-state index in [2.05, 4.69) is 9.97 Å². The molecular formula is C15H17ClN2O. The van der Waals surface area contributed by atoms with Crippen molar-refractivity contribution in [1.82, 2.24) is 9.97 Å². The zero-order valence-electron chi connectivity index (χ0n) is 11.6. The number of aromatic nitrogens is 2. The van der Waals surface area contributed by atoms with Crippen molar-refractivity contribution in [1.29, 1.82) is 0 Å². The van der Waals surface area contributed by atoms with Crippen LogP contribution < -0.4 is 4.74 Å². The van der Waals surface area contributed by atoms with Gasteiger partial charge in [-0.05, 0) is 39.8 Å². The van der Waals surface area contributed by atoms with Gasteiger partial charge >= 0.3 is 0 Å². The molecule has 0 spiro atoms. The third-order valence-corrected chi connectivity index (χ3v) is 3.16. The van der Waals surface area contributed by atoms with Crippen LogP contribution in [0.2, 0.25) is 5.15 Å². The average molecular weight is 277 g/mol. The van der Waals surface area contributed by atoms with E-state index in [0.717, 1.165) is 22.6 Å². The summed E-state index contributed by atoms with van der Waals surface area (Å²) in [4.78, 5) is 8.80. The summed E-state index contributed by atoms with van der Waals surface area (Å²) in [5.41, 5.74) is 2.72. The Morgan fingerprint density at radius 1 is 1.16 bits per heavy atom. The van der Waals surface area contributed by atoms with Gasteiger partial charge in [0, 0.05) is 16.8 Å². The number of nitrogens with zero attached hydrogens (tertiary/aromatic N) is 2. The van der Waals surface area contributed by atoms with Crippen LogP contribution in [0.3, 0.4) is 0 Å². The summed E-state index contributed by atoms with van der Waals surface area (Å²) in [6.45, 7) is 7.84. The van der Waals surface area contributed by atoms with E-state index in [1.54, 1.807) is 0 Å². The summed E-state index contributed by atoms with van der Waals surface area (Å²) < 4.78 is 5.67. The first kappa shape index (κ1) is 13.8. The van der Waals surface area contributed by atoms with Crippen molar-refractivity contribution in [2.24, 2.45) is 0 Å². The van der Waals surface area contributed by atoms with Crippen molar-refractivity contribution in [2.75, 3.05) is 0 Å². The number of aryl methyl sites for hydroxylation is 1. The summed E-state index contributed by atoms with van der Waals surface area (Å²) >= 11 is 6.11. The lowest BCUT2D eigenvalue weighted by atomic mass is 10.2. The molecule has 1 aromatic carbocycles. The third kappa shape index (κ3) is 3.24. The fraction of sp³-hybridized carbons (Fsp3) is 0.333. The molecule has 2 rings (SSSR count). The lowest BCUT2D eigenvalue weighted by Gasteiger charge is -2.11. The molecule has 0 atom stereocenters. The van der Waals surface area contributed by atoms with E-state index < -0.39 is 0 Å². The van der Waals surface area contributed by atoms with E-state index in [9.17, 15) is 0 Å². The predicted molar refractivity (Wildman–Crippen MR) is 77.7 cm³/mol. The molecule has 1 heterocycles. The van der Waals surface area contributed by atoms with Crippen molar-refractivity contribution < 1.29 is 4.74 Å². The molecule has 0 saturated carbocycles. The molecule has 0 unspecified atom stereocenters. The highest BCUT2D eigenvalue weighted by Gasteiger charge is 2.09. The van der Waals surface area contributed by atoms with Gasteiger partial charge in [0.1, 0.15) is 10.9 Å². The Morgan fingerprint density at radius 2 is 1.89 bits per heavy atom. The topological polar surface area (TPSA) is 35.0 Å². The molecule has 0 bridgehead atoms. The van der Waals surface area contributed by atoms with Gasteiger partial charge in [0.2, 0.25) is 0 Å². The Hall–Kier alpha value is -1.61. The van der Waals surface area contributed by atoms with E-state index in [1.807, 2.05) is 52.0 Å². The fourth-order valence-corrected chi connectivity index (χ4v) is 1.92. The number of halogens is 1. The van der Waals surface area contributed by atoms with Crippen LogP contribution in [0.4, 0.5) is 0 Å². The Bertz CT molecular complexity index is 573. The standard InChI is InChI=1S/C15H17ClN2O/c1-9(2)19-13-7-5-6-12(8-13)15-17-11(4)10(3)14(16)18-15/h5-9H,1-4H3. The van der Waals surface area contributed by atoms with Crippen LogP contribution in [0.15, 0.2) is 24.3 Å². The van der Waals surface area contributed by atoms with E-state index in [-0.39, 0.29) is 6.10 Å². The van der Waals surface area contributed by atoms with Gasteiger partial charge in [-0.1, -0.05) is 23.7 Å². The van der Waals surface area contributed by atoms with Crippen LogP contribution in [0.5, 0.6) is 5.75 Å². The molecule has 0 amide bonds. The molecule has 1 aromatic heterocycles. The molecular weight excluding hydrogens is 260 g/mol. The molecule has 0 N–H and O–H groups in total. The highest BCUT2D eigenvalue weighted by Crippen LogP contribution is 2.25. The van der Waals surface area contributed by atoms with Crippen molar-refractivity contribution in [2.45, 2.75) is 33.8 Å². The van der Waals surface area contributed by atoms with Gasteiger partial charge in [-0.2, -0.15) is 0 Å². The van der Waals surface area contributed by atoms with E-state index in [1.165, 1.54) is 0 Å². The number of benzene rings is 1. The molecule has 0 aliphatic heterocycles. The van der Waals surface area contributed by atoms with Crippen molar-refractivity contribution >= 4 is 11.6 Å². The SMILES string of the molecule is Cc1nc(-c2cccc(OC(C)C)c2)nc(Cl)c1C. The van der Waals surface area contributed by atoms with Gasteiger partial charge in [-0.15, -0.1) is 0 Å². The van der Waals surface area contributed by atoms with Crippen molar-refractivity contribution in [3.05, 3.63) is 40.7 Å². The molecule has 4 heteroatoms. The maximum Gasteiger partial charge on any atom is 0.161 e. The zero-order chi connectivity index (χ0) is 14.0.